The van der Waals surface area contributed by atoms with Crippen molar-refractivity contribution in [3.8, 4) is 0 Å². The summed E-state index contributed by atoms with van der Waals surface area (Å²) in [4.78, 5) is 13.0. The van der Waals surface area contributed by atoms with E-state index in [0.717, 1.165) is 16.9 Å². The minimum absolute atomic E-state index is 0.146. The van der Waals surface area contributed by atoms with Crippen LogP contribution in [0, 0.1) is 6.92 Å². The molecule has 0 aliphatic heterocycles. The molecular weight excluding hydrogens is 428 g/mol. The topological polar surface area (TPSA) is 75.6 Å². The van der Waals surface area contributed by atoms with Crippen LogP contribution in [0.4, 0.5) is 5.69 Å². The molecule has 0 amide bonds. The van der Waals surface area contributed by atoms with E-state index >= 15 is 0 Å². The molecule has 0 saturated heterocycles. The molecule has 0 atom stereocenters. The highest BCUT2D eigenvalue weighted by molar-refractivity contribution is 7.92. The zero-order chi connectivity index (χ0) is 20.6. The van der Waals surface area contributed by atoms with Gasteiger partial charge in [0.1, 0.15) is 4.21 Å². The van der Waals surface area contributed by atoms with Gasteiger partial charge in [-0.15, -0.1) is 11.3 Å². The van der Waals surface area contributed by atoms with Gasteiger partial charge < -0.3 is 5.32 Å². The van der Waals surface area contributed by atoms with E-state index in [1.54, 1.807) is 47.8 Å². The maximum Gasteiger partial charge on any atom is 0.292 e. The van der Waals surface area contributed by atoms with Gasteiger partial charge in [0.25, 0.3) is 10.0 Å². The van der Waals surface area contributed by atoms with Crippen LogP contribution < -0.4 is 5.32 Å². The third-order valence-electron chi connectivity index (χ3n) is 4.41. The SMILES string of the molecule is Cc1ccc(Cl)cc1NC1=C/C(=N\S(=O)(=O)c2cccs2)c2ccccc2C1=O. The fourth-order valence-corrected chi connectivity index (χ4v) is 5.09. The molecule has 0 saturated carbocycles. The van der Waals surface area contributed by atoms with Crippen LogP contribution >= 0.6 is 22.9 Å². The fraction of sp³-hybridized carbons (Fsp3) is 0.0476. The fourth-order valence-electron chi connectivity index (χ4n) is 2.96. The molecule has 1 N–H and O–H groups in total. The molecule has 2 aromatic carbocycles. The number of benzene rings is 2. The second-order valence-corrected chi connectivity index (χ2v) is 9.62. The van der Waals surface area contributed by atoms with Crippen molar-refractivity contribution in [2.24, 2.45) is 4.40 Å². The molecule has 1 aliphatic carbocycles. The number of carbonyl (C=O) groups is 1. The highest BCUT2D eigenvalue weighted by Crippen LogP contribution is 2.28. The molecule has 0 spiro atoms. The van der Waals surface area contributed by atoms with E-state index in [1.807, 2.05) is 13.0 Å². The Morgan fingerprint density at radius 3 is 2.52 bits per heavy atom. The van der Waals surface area contributed by atoms with Crippen LogP contribution in [0.5, 0.6) is 0 Å². The van der Waals surface area contributed by atoms with Crippen molar-refractivity contribution in [2.75, 3.05) is 5.32 Å². The number of hydrogen-bond donors (Lipinski definition) is 1. The first kappa shape index (κ1) is 19.6. The predicted molar refractivity (Wildman–Crippen MR) is 117 cm³/mol. The lowest BCUT2D eigenvalue weighted by atomic mass is 9.92. The van der Waals surface area contributed by atoms with Crippen molar-refractivity contribution < 1.29 is 13.2 Å². The van der Waals surface area contributed by atoms with Crippen LogP contribution in [-0.2, 0) is 10.0 Å². The van der Waals surface area contributed by atoms with Crippen molar-refractivity contribution in [2.45, 2.75) is 11.1 Å². The zero-order valence-electron chi connectivity index (χ0n) is 15.2. The second kappa shape index (κ2) is 7.59. The van der Waals surface area contributed by atoms with E-state index < -0.39 is 10.0 Å². The van der Waals surface area contributed by atoms with Gasteiger partial charge in [0.05, 0.1) is 11.4 Å². The summed E-state index contributed by atoms with van der Waals surface area (Å²) in [6.45, 7) is 1.89. The Bertz CT molecular complexity index is 1280. The first-order chi connectivity index (χ1) is 13.8. The molecule has 0 radical (unpaired) electrons. The van der Waals surface area contributed by atoms with Gasteiger partial charge >= 0.3 is 0 Å². The Labute approximate surface area is 177 Å². The largest absolute Gasteiger partial charge is 0.352 e. The van der Waals surface area contributed by atoms with Crippen LogP contribution in [0.15, 0.2) is 80.4 Å². The molecule has 0 fully saturated rings. The maximum atomic E-state index is 13.0. The lowest BCUT2D eigenvalue weighted by Gasteiger charge is -2.19. The lowest BCUT2D eigenvalue weighted by molar-refractivity contribution is 0.103. The number of halogens is 1. The number of aryl methyl sites for hydroxylation is 1. The van der Waals surface area contributed by atoms with Crippen LogP contribution in [0.3, 0.4) is 0 Å². The highest BCUT2D eigenvalue weighted by Gasteiger charge is 2.26. The molecule has 1 aromatic heterocycles. The number of fused-ring (bicyclic) bond motifs is 1. The Kier molecular flexibility index (Phi) is 5.12. The Morgan fingerprint density at radius 2 is 1.79 bits per heavy atom. The van der Waals surface area contributed by atoms with Crippen molar-refractivity contribution in [1.82, 2.24) is 0 Å². The molecule has 5 nitrogen and oxygen atoms in total. The highest BCUT2D eigenvalue weighted by atomic mass is 35.5. The minimum atomic E-state index is -3.89. The second-order valence-electron chi connectivity index (χ2n) is 6.40. The first-order valence-corrected chi connectivity index (χ1v) is 11.3. The molecule has 3 aromatic rings. The summed E-state index contributed by atoms with van der Waals surface area (Å²) in [6, 6.07) is 15.3. The third kappa shape index (κ3) is 3.89. The van der Waals surface area contributed by atoms with Gasteiger partial charge in [0.15, 0.2) is 0 Å². The van der Waals surface area contributed by atoms with Crippen LogP contribution in [0.2, 0.25) is 5.02 Å². The van der Waals surface area contributed by atoms with E-state index in [2.05, 4.69) is 9.71 Å². The van der Waals surface area contributed by atoms with E-state index in [1.165, 1.54) is 12.1 Å². The van der Waals surface area contributed by atoms with E-state index in [4.69, 9.17) is 11.6 Å². The van der Waals surface area contributed by atoms with Crippen molar-refractivity contribution in [3.05, 3.63) is 93.5 Å². The molecule has 4 rings (SSSR count). The number of ketones is 1. The number of carbonyl (C=O) groups excluding carboxylic acids is 1. The summed E-state index contributed by atoms with van der Waals surface area (Å²) < 4.78 is 29.5. The van der Waals surface area contributed by atoms with Crippen molar-refractivity contribution in [3.63, 3.8) is 0 Å². The van der Waals surface area contributed by atoms with E-state index in [9.17, 15) is 13.2 Å². The summed E-state index contributed by atoms with van der Waals surface area (Å²) in [7, 11) is -3.89. The van der Waals surface area contributed by atoms with E-state index in [0.29, 0.717) is 21.8 Å². The number of hydrogen-bond acceptors (Lipinski definition) is 5. The number of rotatable bonds is 4. The molecular formula is C21H15ClN2O3S2. The zero-order valence-corrected chi connectivity index (χ0v) is 17.6. The minimum Gasteiger partial charge on any atom is -0.352 e. The number of nitrogens with one attached hydrogen (secondary N) is 1. The quantitative estimate of drug-likeness (QED) is 0.611. The third-order valence-corrected chi connectivity index (χ3v) is 7.31. The molecule has 0 unspecified atom stereocenters. The number of thiophene rings is 1. The van der Waals surface area contributed by atoms with Gasteiger partial charge in [-0.2, -0.15) is 12.8 Å². The van der Waals surface area contributed by atoms with Crippen molar-refractivity contribution in [1.29, 1.82) is 0 Å². The lowest BCUT2D eigenvalue weighted by Crippen LogP contribution is -2.22. The van der Waals surface area contributed by atoms with Gasteiger partial charge in [-0.25, -0.2) is 0 Å². The summed E-state index contributed by atoms with van der Waals surface area (Å²) in [5.74, 6) is -0.243. The van der Waals surface area contributed by atoms with Gasteiger partial charge in [-0.05, 0) is 42.1 Å². The number of allylic oxidation sites excluding steroid dienone is 2. The standard InChI is InChI=1S/C21H15ClN2O3S2/c1-13-8-9-14(22)11-17(13)23-19-12-18(15-5-2-3-6-16(15)21(19)25)24-29(26,27)20-7-4-10-28-20/h2-12,23H,1H3/b24-18+. The number of nitrogens with zero attached hydrogens (tertiary/aromatic N) is 1. The summed E-state index contributed by atoms with van der Waals surface area (Å²) >= 11 is 7.17. The monoisotopic (exact) mass is 442 g/mol. The Morgan fingerprint density at radius 1 is 1.03 bits per heavy atom. The number of Topliss-reactive ketones (excluding diaryl/α,β-unsaturated/α-hetero) is 1. The first-order valence-electron chi connectivity index (χ1n) is 8.62. The number of anilines is 1. The predicted octanol–water partition coefficient (Wildman–Crippen LogP) is 5.08. The summed E-state index contributed by atoms with van der Waals surface area (Å²) in [5.41, 5.74) is 2.86. The summed E-state index contributed by atoms with van der Waals surface area (Å²) in [6.07, 6.45) is 1.47. The van der Waals surface area contributed by atoms with Gasteiger partial charge in [-0.3, -0.25) is 4.79 Å². The molecule has 0 bridgehead atoms. The van der Waals surface area contributed by atoms with Crippen LogP contribution in [0.1, 0.15) is 21.5 Å². The Hall–Kier alpha value is -2.74. The molecule has 1 aliphatic rings. The molecule has 146 valence electrons. The molecule has 29 heavy (non-hydrogen) atoms. The van der Waals surface area contributed by atoms with Crippen molar-refractivity contribution >= 4 is 50.1 Å². The molecule has 1 heterocycles. The van der Waals surface area contributed by atoms with Gasteiger partial charge in [-0.1, -0.05) is 48.0 Å². The summed E-state index contributed by atoms with van der Waals surface area (Å²) in [5, 5.41) is 5.29. The average Bonchev–Trinajstić information content (AvgIpc) is 3.24. The Balaban J connectivity index is 1.84. The normalized spacial score (nSPS) is 15.2. The van der Waals surface area contributed by atoms with Gasteiger partial charge in [0.2, 0.25) is 5.78 Å². The van der Waals surface area contributed by atoms with Crippen LogP contribution in [0.25, 0.3) is 0 Å². The maximum absolute atomic E-state index is 13.0. The molecule has 8 heteroatoms. The smallest absolute Gasteiger partial charge is 0.292 e. The van der Waals surface area contributed by atoms with Gasteiger partial charge in [0, 0.05) is 21.8 Å². The van der Waals surface area contributed by atoms with E-state index in [-0.39, 0.29) is 21.4 Å². The average molecular weight is 443 g/mol. The van der Waals surface area contributed by atoms with Crippen LogP contribution in [-0.4, -0.2) is 19.9 Å². The number of sulfonamides is 1.